The van der Waals surface area contributed by atoms with E-state index in [4.69, 9.17) is 4.74 Å². The van der Waals surface area contributed by atoms with Gasteiger partial charge in [-0.15, -0.1) is 0 Å². The van der Waals surface area contributed by atoms with Gasteiger partial charge in [0.25, 0.3) is 0 Å². The Balaban J connectivity index is 2.16. The molecule has 2 aromatic carbocycles. The molecule has 0 spiro atoms. The summed E-state index contributed by atoms with van der Waals surface area (Å²) >= 11 is 0. The monoisotopic (exact) mass is 280 g/mol. The van der Waals surface area contributed by atoms with E-state index in [0.717, 1.165) is 22.4 Å². The highest BCUT2D eigenvalue weighted by Gasteiger charge is 2.34. The molecule has 1 aliphatic carbocycles. The lowest BCUT2D eigenvalue weighted by molar-refractivity contribution is -0.113. The highest BCUT2D eigenvalue weighted by molar-refractivity contribution is 6.04. The Hall–Kier alpha value is -2.55. The van der Waals surface area contributed by atoms with Crippen molar-refractivity contribution in [2.75, 3.05) is 7.11 Å². The van der Waals surface area contributed by atoms with Crippen molar-refractivity contribution in [1.82, 2.24) is 0 Å². The molecule has 0 fully saturated rings. The number of benzene rings is 2. The predicted octanol–water partition coefficient (Wildman–Crippen LogP) is 3.70. The van der Waals surface area contributed by atoms with Gasteiger partial charge in [0.2, 0.25) is 0 Å². The SMILES string of the molecule is COc1ccc([C@@H]2C(C(C)=O)=C(O)c3ccccc32)cc1. The van der Waals surface area contributed by atoms with Gasteiger partial charge in [-0.25, -0.2) is 0 Å². The Bertz CT molecular complexity index is 726. The van der Waals surface area contributed by atoms with Crippen molar-refractivity contribution < 1.29 is 14.6 Å². The fourth-order valence-electron chi connectivity index (χ4n) is 2.91. The Morgan fingerprint density at radius 3 is 2.38 bits per heavy atom. The number of ketones is 1. The van der Waals surface area contributed by atoms with Crippen molar-refractivity contribution in [2.45, 2.75) is 12.8 Å². The second kappa shape index (κ2) is 5.09. The number of ether oxygens (including phenoxy) is 1. The summed E-state index contributed by atoms with van der Waals surface area (Å²) in [5.41, 5.74) is 3.13. The van der Waals surface area contributed by atoms with Gasteiger partial charge < -0.3 is 9.84 Å². The number of aliphatic hydroxyl groups is 1. The maximum Gasteiger partial charge on any atom is 0.160 e. The normalized spacial score (nSPS) is 16.8. The number of carbonyl (C=O) groups excluding carboxylic acids is 1. The Morgan fingerprint density at radius 1 is 1.10 bits per heavy atom. The molecule has 1 aliphatic rings. The van der Waals surface area contributed by atoms with E-state index in [1.165, 1.54) is 6.92 Å². The first kappa shape index (κ1) is 13.4. The maximum absolute atomic E-state index is 12.0. The summed E-state index contributed by atoms with van der Waals surface area (Å²) < 4.78 is 5.17. The summed E-state index contributed by atoms with van der Waals surface area (Å²) in [5.74, 6) is 0.538. The third kappa shape index (κ3) is 2.11. The number of carbonyl (C=O) groups is 1. The fourth-order valence-corrected chi connectivity index (χ4v) is 2.91. The molecule has 1 N–H and O–H groups in total. The zero-order chi connectivity index (χ0) is 15.0. The zero-order valence-electron chi connectivity index (χ0n) is 12.0. The van der Waals surface area contributed by atoms with Crippen LogP contribution in [0.25, 0.3) is 5.76 Å². The molecule has 106 valence electrons. The van der Waals surface area contributed by atoms with E-state index in [-0.39, 0.29) is 17.5 Å². The maximum atomic E-state index is 12.0. The first-order chi connectivity index (χ1) is 10.1. The number of hydrogen-bond donors (Lipinski definition) is 1. The minimum atomic E-state index is -0.218. The first-order valence-corrected chi connectivity index (χ1v) is 6.80. The molecule has 0 bridgehead atoms. The van der Waals surface area contributed by atoms with E-state index in [2.05, 4.69) is 0 Å². The van der Waals surface area contributed by atoms with Gasteiger partial charge in [0, 0.05) is 17.1 Å². The van der Waals surface area contributed by atoms with Gasteiger partial charge in [0.15, 0.2) is 5.78 Å². The number of Topliss-reactive ketones (excluding diaryl/α,β-unsaturated/α-hetero) is 1. The van der Waals surface area contributed by atoms with Crippen LogP contribution >= 0.6 is 0 Å². The van der Waals surface area contributed by atoms with Crippen molar-refractivity contribution in [3.8, 4) is 5.75 Å². The van der Waals surface area contributed by atoms with Crippen molar-refractivity contribution in [1.29, 1.82) is 0 Å². The molecule has 1 atom stereocenters. The van der Waals surface area contributed by atoms with Gasteiger partial charge in [-0.2, -0.15) is 0 Å². The van der Waals surface area contributed by atoms with Crippen LogP contribution in [0.2, 0.25) is 0 Å². The van der Waals surface area contributed by atoms with Gasteiger partial charge in [-0.1, -0.05) is 36.4 Å². The quantitative estimate of drug-likeness (QED) is 0.932. The predicted molar refractivity (Wildman–Crippen MR) is 81.5 cm³/mol. The van der Waals surface area contributed by atoms with E-state index < -0.39 is 0 Å². The lowest BCUT2D eigenvalue weighted by Gasteiger charge is -2.15. The van der Waals surface area contributed by atoms with Gasteiger partial charge in [-0.3, -0.25) is 4.79 Å². The number of hydrogen-bond acceptors (Lipinski definition) is 3. The summed E-state index contributed by atoms with van der Waals surface area (Å²) in [6.07, 6.45) is 0. The van der Waals surface area contributed by atoms with Crippen LogP contribution < -0.4 is 4.74 Å². The highest BCUT2D eigenvalue weighted by atomic mass is 16.5. The number of rotatable bonds is 3. The van der Waals surface area contributed by atoms with E-state index in [0.29, 0.717) is 5.57 Å². The van der Waals surface area contributed by atoms with E-state index >= 15 is 0 Å². The molecule has 0 aliphatic heterocycles. The highest BCUT2D eigenvalue weighted by Crippen LogP contribution is 2.44. The summed E-state index contributed by atoms with van der Waals surface area (Å²) in [5, 5.41) is 10.4. The van der Waals surface area contributed by atoms with Crippen LogP contribution in [0.1, 0.15) is 29.5 Å². The molecule has 0 heterocycles. The molecule has 0 amide bonds. The number of allylic oxidation sites excluding steroid dienone is 1. The number of aliphatic hydroxyl groups excluding tert-OH is 1. The smallest absolute Gasteiger partial charge is 0.160 e. The Kier molecular flexibility index (Phi) is 3.26. The van der Waals surface area contributed by atoms with Crippen molar-refractivity contribution in [3.63, 3.8) is 0 Å². The van der Waals surface area contributed by atoms with Crippen LogP contribution in [0.5, 0.6) is 5.75 Å². The lowest BCUT2D eigenvalue weighted by Crippen LogP contribution is -2.08. The van der Waals surface area contributed by atoms with Gasteiger partial charge >= 0.3 is 0 Å². The third-order valence-electron chi connectivity index (χ3n) is 3.90. The Morgan fingerprint density at radius 2 is 1.76 bits per heavy atom. The van der Waals surface area contributed by atoms with Crippen LogP contribution in [0, 0.1) is 0 Å². The third-order valence-corrected chi connectivity index (χ3v) is 3.90. The minimum absolute atomic E-state index is 0.0962. The van der Waals surface area contributed by atoms with Crippen molar-refractivity contribution >= 4 is 11.5 Å². The number of methoxy groups -OCH3 is 1. The molecule has 2 aromatic rings. The molecular formula is C18H16O3. The molecule has 0 saturated carbocycles. The standard InChI is InChI=1S/C18H16O3/c1-11(19)16-17(12-7-9-13(21-2)10-8-12)14-5-3-4-6-15(14)18(16)20/h3-10,17,20H,1-2H3/t17-/m0/s1. The van der Waals surface area contributed by atoms with E-state index in [1.807, 2.05) is 48.5 Å². The summed E-state index contributed by atoms with van der Waals surface area (Å²) in [6, 6.07) is 15.2. The zero-order valence-corrected chi connectivity index (χ0v) is 12.0. The van der Waals surface area contributed by atoms with Crippen molar-refractivity contribution in [2.24, 2.45) is 0 Å². The molecule has 21 heavy (non-hydrogen) atoms. The average Bonchev–Trinajstić information content (AvgIpc) is 2.81. The minimum Gasteiger partial charge on any atom is -0.507 e. The summed E-state index contributed by atoms with van der Waals surface area (Å²) in [7, 11) is 1.62. The molecule has 3 nitrogen and oxygen atoms in total. The largest absolute Gasteiger partial charge is 0.507 e. The van der Waals surface area contributed by atoms with Crippen molar-refractivity contribution in [3.05, 3.63) is 70.8 Å². The summed E-state index contributed by atoms with van der Waals surface area (Å²) in [6.45, 7) is 1.49. The van der Waals surface area contributed by atoms with E-state index in [9.17, 15) is 9.90 Å². The second-order valence-electron chi connectivity index (χ2n) is 5.11. The van der Waals surface area contributed by atoms with Crippen LogP contribution in [-0.2, 0) is 4.79 Å². The van der Waals surface area contributed by atoms with Gasteiger partial charge in [-0.05, 0) is 30.2 Å². The lowest BCUT2D eigenvalue weighted by atomic mass is 9.87. The molecule has 3 rings (SSSR count). The van der Waals surface area contributed by atoms with Crippen LogP contribution in [0.3, 0.4) is 0 Å². The fraction of sp³-hybridized carbons (Fsp3) is 0.167. The van der Waals surface area contributed by atoms with E-state index in [1.54, 1.807) is 7.11 Å². The molecule has 0 saturated heterocycles. The second-order valence-corrected chi connectivity index (χ2v) is 5.11. The molecule has 0 unspecified atom stereocenters. The first-order valence-electron chi connectivity index (χ1n) is 6.80. The van der Waals surface area contributed by atoms with Crippen LogP contribution in [0.4, 0.5) is 0 Å². The van der Waals surface area contributed by atoms with Gasteiger partial charge in [0.05, 0.1) is 7.11 Å². The Labute approximate surface area is 123 Å². The molecule has 3 heteroatoms. The molecule has 0 radical (unpaired) electrons. The van der Waals surface area contributed by atoms with Gasteiger partial charge in [0.1, 0.15) is 11.5 Å². The molecular weight excluding hydrogens is 264 g/mol. The molecule has 0 aromatic heterocycles. The van der Waals surface area contributed by atoms with Crippen LogP contribution in [-0.4, -0.2) is 18.0 Å². The number of fused-ring (bicyclic) bond motifs is 1. The summed E-state index contributed by atoms with van der Waals surface area (Å²) in [4.78, 5) is 12.0. The van der Waals surface area contributed by atoms with Crippen LogP contribution in [0.15, 0.2) is 54.1 Å². The topological polar surface area (TPSA) is 46.5 Å². The average molecular weight is 280 g/mol.